The van der Waals surface area contributed by atoms with E-state index in [1.165, 1.54) is 0 Å². The predicted molar refractivity (Wildman–Crippen MR) is 88.1 cm³/mol. The number of likely N-dealkylation sites (N-methyl/N-ethyl adjacent to an activating group) is 1. The molecule has 0 atom stereocenters. The average molecular weight is 299 g/mol. The molecule has 0 radical (unpaired) electrons. The minimum Gasteiger partial charge on any atom is -0.351 e. The number of nitrogens with one attached hydrogen (secondary N) is 2. The number of pyridine rings is 1. The fourth-order valence-electron chi connectivity index (χ4n) is 2.04. The molecule has 0 aliphatic carbocycles. The summed E-state index contributed by atoms with van der Waals surface area (Å²) in [6.07, 6.45) is 0. The first-order valence-electron chi connectivity index (χ1n) is 7.20. The smallest absolute Gasteiger partial charge is 0.261 e. The van der Waals surface area contributed by atoms with Crippen LogP contribution in [0.2, 0.25) is 0 Å². The third kappa shape index (κ3) is 4.05. The van der Waals surface area contributed by atoms with E-state index in [1.807, 2.05) is 50.2 Å². The molecule has 0 unspecified atom stereocenters. The van der Waals surface area contributed by atoms with Gasteiger partial charge in [-0.3, -0.25) is 9.59 Å². The van der Waals surface area contributed by atoms with Crippen LogP contribution in [-0.4, -0.2) is 43.0 Å². The molecule has 0 spiro atoms. The van der Waals surface area contributed by atoms with E-state index >= 15 is 0 Å². The highest BCUT2D eigenvalue weighted by Gasteiger charge is 2.11. The number of nitrogens with zero attached hydrogens (tertiary/aromatic N) is 1. The van der Waals surface area contributed by atoms with Crippen LogP contribution in [0, 0.1) is 6.92 Å². The van der Waals surface area contributed by atoms with E-state index in [0.29, 0.717) is 12.2 Å². The molecule has 1 aromatic carbocycles. The maximum atomic E-state index is 12.1. The van der Waals surface area contributed by atoms with Gasteiger partial charge in [-0.25, -0.2) is 0 Å². The lowest BCUT2D eigenvalue weighted by Crippen LogP contribution is -2.34. The molecule has 2 rings (SSSR count). The highest BCUT2D eigenvalue weighted by molar-refractivity contribution is 5.94. The number of carbonyl (C=O) groups is 1. The van der Waals surface area contributed by atoms with Gasteiger partial charge in [0.25, 0.3) is 11.5 Å². The lowest BCUT2D eigenvalue weighted by atomic mass is 10.1. The molecule has 1 aromatic heterocycles. The van der Waals surface area contributed by atoms with Gasteiger partial charge in [0.15, 0.2) is 0 Å². The van der Waals surface area contributed by atoms with Crippen molar-refractivity contribution < 1.29 is 4.79 Å². The van der Waals surface area contributed by atoms with Gasteiger partial charge in [-0.1, -0.05) is 29.8 Å². The molecule has 1 heterocycles. The first kappa shape index (κ1) is 16.0. The van der Waals surface area contributed by atoms with Crippen LogP contribution < -0.4 is 10.9 Å². The van der Waals surface area contributed by atoms with Crippen molar-refractivity contribution in [3.63, 3.8) is 0 Å². The number of aromatic nitrogens is 1. The standard InChI is InChI=1S/C17H21N3O2/c1-12-4-6-13(7-5-12)15-9-8-14(17(22)19-15)16(21)18-10-11-20(2)3/h4-9H,10-11H2,1-3H3,(H,18,21)(H,19,22). The normalized spacial score (nSPS) is 10.7. The summed E-state index contributed by atoms with van der Waals surface area (Å²) in [7, 11) is 3.85. The van der Waals surface area contributed by atoms with E-state index in [9.17, 15) is 9.59 Å². The Bertz CT molecular complexity index is 703. The molecular formula is C17H21N3O2. The van der Waals surface area contributed by atoms with Crippen LogP contribution >= 0.6 is 0 Å². The first-order valence-corrected chi connectivity index (χ1v) is 7.20. The fourth-order valence-corrected chi connectivity index (χ4v) is 2.04. The van der Waals surface area contributed by atoms with Crippen LogP contribution in [0.4, 0.5) is 0 Å². The van der Waals surface area contributed by atoms with Gasteiger partial charge < -0.3 is 15.2 Å². The second-order valence-electron chi connectivity index (χ2n) is 5.54. The van der Waals surface area contributed by atoms with Crippen molar-refractivity contribution in [3.05, 3.63) is 57.9 Å². The van der Waals surface area contributed by atoms with Crippen LogP contribution in [0.25, 0.3) is 11.3 Å². The van der Waals surface area contributed by atoms with Gasteiger partial charge in [0, 0.05) is 18.8 Å². The van der Waals surface area contributed by atoms with Crippen molar-refractivity contribution in [2.75, 3.05) is 27.2 Å². The minimum atomic E-state index is -0.375. The van der Waals surface area contributed by atoms with E-state index in [4.69, 9.17) is 0 Å². The van der Waals surface area contributed by atoms with E-state index in [2.05, 4.69) is 10.3 Å². The molecule has 116 valence electrons. The van der Waals surface area contributed by atoms with Crippen LogP contribution in [0.5, 0.6) is 0 Å². The Kier molecular flexibility index (Phi) is 5.12. The molecule has 0 saturated heterocycles. The van der Waals surface area contributed by atoms with Crippen molar-refractivity contribution in [3.8, 4) is 11.3 Å². The number of benzene rings is 1. The summed E-state index contributed by atoms with van der Waals surface area (Å²) in [6.45, 7) is 3.24. The average Bonchev–Trinajstić information content (AvgIpc) is 2.47. The maximum Gasteiger partial charge on any atom is 0.261 e. The summed E-state index contributed by atoms with van der Waals surface area (Å²) >= 11 is 0. The third-order valence-corrected chi connectivity index (χ3v) is 3.36. The number of hydrogen-bond donors (Lipinski definition) is 2. The number of amides is 1. The van der Waals surface area contributed by atoms with E-state index in [-0.39, 0.29) is 17.0 Å². The molecule has 5 heteroatoms. The van der Waals surface area contributed by atoms with E-state index in [1.54, 1.807) is 12.1 Å². The molecule has 0 fully saturated rings. The van der Waals surface area contributed by atoms with Crippen molar-refractivity contribution in [1.82, 2.24) is 15.2 Å². The summed E-state index contributed by atoms with van der Waals surface area (Å²) in [5.74, 6) is -0.349. The first-order chi connectivity index (χ1) is 10.5. The Morgan fingerprint density at radius 3 is 2.41 bits per heavy atom. The molecule has 0 saturated carbocycles. The zero-order valence-electron chi connectivity index (χ0n) is 13.1. The van der Waals surface area contributed by atoms with Gasteiger partial charge in [-0.15, -0.1) is 0 Å². The second-order valence-corrected chi connectivity index (χ2v) is 5.54. The number of H-pyrrole nitrogens is 1. The summed E-state index contributed by atoms with van der Waals surface area (Å²) in [4.78, 5) is 28.8. The van der Waals surface area contributed by atoms with Crippen LogP contribution in [-0.2, 0) is 0 Å². The molecular weight excluding hydrogens is 278 g/mol. The lowest BCUT2D eigenvalue weighted by molar-refractivity contribution is 0.0949. The van der Waals surface area contributed by atoms with Gasteiger partial charge in [-0.05, 0) is 38.7 Å². The Hall–Kier alpha value is -2.40. The molecule has 5 nitrogen and oxygen atoms in total. The van der Waals surface area contributed by atoms with E-state index < -0.39 is 0 Å². The fraction of sp³-hybridized carbons (Fsp3) is 0.294. The van der Waals surface area contributed by atoms with Gasteiger partial charge in [0.05, 0.1) is 0 Å². The minimum absolute atomic E-state index is 0.134. The molecule has 0 aliphatic rings. The summed E-state index contributed by atoms with van der Waals surface area (Å²) in [6, 6.07) is 11.2. The summed E-state index contributed by atoms with van der Waals surface area (Å²) in [5.41, 5.74) is 2.54. The highest BCUT2D eigenvalue weighted by Crippen LogP contribution is 2.16. The molecule has 2 aromatic rings. The number of carbonyl (C=O) groups excluding carboxylic acids is 1. The summed E-state index contributed by atoms with van der Waals surface area (Å²) < 4.78 is 0. The largest absolute Gasteiger partial charge is 0.351 e. The molecule has 22 heavy (non-hydrogen) atoms. The number of aryl methyl sites for hydroxylation is 1. The van der Waals surface area contributed by atoms with E-state index in [0.717, 1.165) is 17.7 Å². The van der Waals surface area contributed by atoms with Gasteiger partial charge in [0.2, 0.25) is 0 Å². The quantitative estimate of drug-likeness (QED) is 0.882. The second kappa shape index (κ2) is 7.04. The maximum absolute atomic E-state index is 12.1. The number of hydrogen-bond acceptors (Lipinski definition) is 3. The highest BCUT2D eigenvalue weighted by atomic mass is 16.2. The molecule has 0 bridgehead atoms. The van der Waals surface area contributed by atoms with Crippen LogP contribution in [0.1, 0.15) is 15.9 Å². The van der Waals surface area contributed by atoms with Gasteiger partial charge >= 0.3 is 0 Å². The lowest BCUT2D eigenvalue weighted by Gasteiger charge is -2.10. The van der Waals surface area contributed by atoms with Gasteiger partial charge in [0.1, 0.15) is 5.56 Å². The zero-order chi connectivity index (χ0) is 16.1. The Balaban J connectivity index is 2.14. The Labute approximate surface area is 130 Å². The van der Waals surface area contributed by atoms with Crippen LogP contribution in [0.3, 0.4) is 0 Å². The van der Waals surface area contributed by atoms with Gasteiger partial charge in [-0.2, -0.15) is 0 Å². The zero-order valence-corrected chi connectivity index (χ0v) is 13.1. The van der Waals surface area contributed by atoms with Crippen molar-refractivity contribution >= 4 is 5.91 Å². The monoisotopic (exact) mass is 299 g/mol. The predicted octanol–water partition coefficient (Wildman–Crippen LogP) is 1.64. The topological polar surface area (TPSA) is 65.2 Å². The van der Waals surface area contributed by atoms with Crippen molar-refractivity contribution in [2.24, 2.45) is 0 Å². The molecule has 0 aliphatic heterocycles. The Morgan fingerprint density at radius 2 is 1.82 bits per heavy atom. The van der Waals surface area contributed by atoms with Crippen LogP contribution in [0.15, 0.2) is 41.2 Å². The number of aromatic amines is 1. The third-order valence-electron chi connectivity index (χ3n) is 3.36. The Morgan fingerprint density at radius 1 is 1.14 bits per heavy atom. The molecule has 1 amide bonds. The number of rotatable bonds is 5. The van der Waals surface area contributed by atoms with Crippen molar-refractivity contribution in [1.29, 1.82) is 0 Å². The molecule has 2 N–H and O–H groups in total. The SMILES string of the molecule is Cc1ccc(-c2ccc(C(=O)NCCN(C)C)c(=O)[nH]2)cc1. The summed E-state index contributed by atoms with van der Waals surface area (Å²) in [5, 5.41) is 2.74. The van der Waals surface area contributed by atoms with Crippen molar-refractivity contribution in [2.45, 2.75) is 6.92 Å².